The van der Waals surface area contributed by atoms with Gasteiger partial charge in [0.2, 0.25) is 0 Å². The molecule has 0 bridgehead atoms. The first-order chi connectivity index (χ1) is 14.7. The molecule has 2 N–H and O–H groups in total. The molecule has 0 radical (unpaired) electrons. The molecule has 2 aromatic carbocycles. The number of sulfone groups is 1. The largest absolute Gasteiger partial charge is 0.484 e. The third kappa shape index (κ3) is 5.07. The maximum absolute atomic E-state index is 13.0. The predicted octanol–water partition coefficient (Wildman–Crippen LogP) is 5.06. The standard InChI is InChI=1S/C22H25F3N2O3S2/c1-20(2,11-27-4)32(28,29)13-21(3,26)14-5-7-18-16(9-14)17-10-15(6-8-19(17)31-18)30-12-22(23,24)25/h5-11H,12-13,26H2,1-4H3/t21-/m0/s1. The molecular weight excluding hydrogens is 461 g/mol. The number of nitrogens with two attached hydrogens (primary N) is 1. The summed E-state index contributed by atoms with van der Waals surface area (Å²) >= 11 is 1.48. The highest BCUT2D eigenvalue weighted by atomic mass is 32.2. The number of alkyl halides is 3. The van der Waals surface area contributed by atoms with Crippen LogP contribution >= 0.6 is 11.3 Å². The molecule has 0 fully saturated rings. The van der Waals surface area contributed by atoms with E-state index in [0.717, 1.165) is 20.2 Å². The molecule has 0 aliphatic rings. The van der Waals surface area contributed by atoms with Crippen LogP contribution in [0.2, 0.25) is 0 Å². The second-order valence-electron chi connectivity index (χ2n) is 8.54. The lowest BCUT2D eigenvalue weighted by atomic mass is 9.94. The molecule has 0 unspecified atom stereocenters. The molecule has 0 amide bonds. The van der Waals surface area contributed by atoms with Gasteiger partial charge in [0.05, 0.1) is 11.3 Å². The van der Waals surface area contributed by atoms with Gasteiger partial charge in [-0.2, -0.15) is 13.2 Å². The minimum atomic E-state index is -4.43. The fourth-order valence-corrected chi connectivity index (χ4v) is 6.08. The Morgan fingerprint density at radius 3 is 2.25 bits per heavy atom. The zero-order valence-corrected chi connectivity index (χ0v) is 19.8. The molecule has 0 saturated carbocycles. The molecule has 10 heteroatoms. The van der Waals surface area contributed by atoms with E-state index in [-0.39, 0.29) is 11.5 Å². The van der Waals surface area contributed by atoms with Crippen LogP contribution < -0.4 is 10.5 Å². The number of benzene rings is 2. The van der Waals surface area contributed by atoms with Crippen LogP contribution in [0.25, 0.3) is 20.2 Å². The van der Waals surface area contributed by atoms with E-state index in [1.807, 2.05) is 6.07 Å². The van der Waals surface area contributed by atoms with E-state index in [4.69, 9.17) is 10.5 Å². The number of hydrogen-bond donors (Lipinski definition) is 1. The molecular formula is C22H25F3N2O3S2. The topological polar surface area (TPSA) is 81.8 Å². The number of fused-ring (bicyclic) bond motifs is 3. The van der Waals surface area contributed by atoms with Crippen molar-refractivity contribution >= 4 is 47.6 Å². The number of halogens is 3. The van der Waals surface area contributed by atoms with Crippen molar-refractivity contribution in [2.24, 2.45) is 10.7 Å². The number of aliphatic imine (C=N–C) groups is 1. The first-order valence-corrected chi connectivity index (χ1v) is 12.2. The first kappa shape index (κ1) is 24.5. The highest BCUT2D eigenvalue weighted by Crippen LogP contribution is 2.38. The van der Waals surface area contributed by atoms with Gasteiger partial charge in [0.25, 0.3) is 0 Å². The van der Waals surface area contributed by atoms with Crippen LogP contribution in [0.4, 0.5) is 13.2 Å². The number of nitrogens with zero attached hydrogens (tertiary/aromatic N) is 1. The van der Waals surface area contributed by atoms with Gasteiger partial charge in [-0.15, -0.1) is 11.3 Å². The van der Waals surface area contributed by atoms with Crippen LogP contribution in [-0.2, 0) is 15.4 Å². The highest BCUT2D eigenvalue weighted by Gasteiger charge is 2.38. The maximum atomic E-state index is 13.0. The van der Waals surface area contributed by atoms with Crippen molar-refractivity contribution in [2.45, 2.75) is 37.2 Å². The van der Waals surface area contributed by atoms with Crippen molar-refractivity contribution in [3.05, 3.63) is 42.0 Å². The lowest BCUT2D eigenvalue weighted by Gasteiger charge is -2.29. The summed E-state index contributed by atoms with van der Waals surface area (Å²) < 4.78 is 69.0. The summed E-state index contributed by atoms with van der Waals surface area (Å²) in [7, 11) is -2.12. The minimum Gasteiger partial charge on any atom is -0.484 e. The summed E-state index contributed by atoms with van der Waals surface area (Å²) in [6.07, 6.45) is -3.04. The lowest BCUT2D eigenvalue weighted by molar-refractivity contribution is -0.153. The van der Waals surface area contributed by atoms with E-state index in [9.17, 15) is 21.6 Å². The number of thiophene rings is 1. The van der Waals surface area contributed by atoms with Crippen LogP contribution in [0.5, 0.6) is 5.75 Å². The van der Waals surface area contributed by atoms with Crippen LogP contribution in [-0.4, -0.2) is 45.0 Å². The minimum absolute atomic E-state index is 0.110. The summed E-state index contributed by atoms with van der Waals surface area (Å²) in [6, 6.07) is 10.2. The zero-order valence-electron chi connectivity index (χ0n) is 18.2. The van der Waals surface area contributed by atoms with Gasteiger partial charge in [0.15, 0.2) is 16.4 Å². The zero-order chi connectivity index (χ0) is 23.9. The highest BCUT2D eigenvalue weighted by molar-refractivity contribution is 7.93. The summed E-state index contributed by atoms with van der Waals surface area (Å²) in [5.41, 5.74) is 5.90. The molecule has 1 aromatic heterocycles. The fourth-order valence-electron chi connectivity index (χ4n) is 3.42. The quantitative estimate of drug-likeness (QED) is 0.473. The Morgan fingerprint density at radius 1 is 1.06 bits per heavy atom. The molecule has 3 rings (SSSR count). The Bertz CT molecular complexity index is 1280. The van der Waals surface area contributed by atoms with Gasteiger partial charge in [-0.1, -0.05) is 6.07 Å². The van der Waals surface area contributed by atoms with Crippen LogP contribution in [0.3, 0.4) is 0 Å². The molecule has 0 saturated heterocycles. The average Bonchev–Trinajstić information content (AvgIpc) is 3.02. The Kier molecular flexibility index (Phi) is 6.36. The van der Waals surface area contributed by atoms with E-state index in [1.54, 1.807) is 45.0 Å². The molecule has 1 heterocycles. The van der Waals surface area contributed by atoms with Gasteiger partial charge < -0.3 is 10.5 Å². The normalized spacial score (nSPS) is 15.5. The van der Waals surface area contributed by atoms with E-state index in [1.165, 1.54) is 30.7 Å². The van der Waals surface area contributed by atoms with Gasteiger partial charge >= 0.3 is 6.18 Å². The second-order valence-corrected chi connectivity index (χ2v) is 12.2. The summed E-state index contributed by atoms with van der Waals surface area (Å²) in [5, 5.41) is 1.51. The van der Waals surface area contributed by atoms with Crippen LogP contribution in [0, 0.1) is 0 Å². The summed E-state index contributed by atoms with van der Waals surface area (Å²) in [6.45, 7) is 3.42. The molecule has 0 spiro atoms. The van der Waals surface area contributed by atoms with Crippen molar-refractivity contribution in [2.75, 3.05) is 19.4 Å². The van der Waals surface area contributed by atoms with Gasteiger partial charge in [-0.3, -0.25) is 4.99 Å². The van der Waals surface area contributed by atoms with Crippen LogP contribution in [0.1, 0.15) is 26.3 Å². The SMILES string of the molecule is CN=CC(C)(C)S(=O)(=O)C[C@](C)(N)c1ccc2sc3ccc(OCC(F)(F)F)cc3c2c1. The van der Waals surface area contributed by atoms with Gasteiger partial charge in [0, 0.05) is 33.4 Å². The Balaban J connectivity index is 2.01. The van der Waals surface area contributed by atoms with Crippen molar-refractivity contribution in [3.63, 3.8) is 0 Å². The van der Waals surface area contributed by atoms with Gasteiger partial charge in [-0.05, 0) is 56.7 Å². The van der Waals surface area contributed by atoms with Crippen molar-refractivity contribution in [3.8, 4) is 5.75 Å². The van der Waals surface area contributed by atoms with E-state index < -0.39 is 32.9 Å². The van der Waals surface area contributed by atoms with Gasteiger partial charge in [0.1, 0.15) is 10.5 Å². The molecule has 5 nitrogen and oxygen atoms in total. The Labute approximate surface area is 189 Å². The number of ether oxygens (including phenoxy) is 1. The number of rotatable bonds is 7. The van der Waals surface area contributed by atoms with E-state index >= 15 is 0 Å². The fraction of sp³-hybridized carbons (Fsp3) is 0.409. The third-order valence-corrected chi connectivity index (χ3v) is 9.07. The summed E-state index contributed by atoms with van der Waals surface area (Å²) in [4.78, 5) is 3.86. The molecule has 1 atom stereocenters. The lowest BCUT2D eigenvalue weighted by Crippen LogP contribution is -2.47. The van der Waals surface area contributed by atoms with E-state index in [2.05, 4.69) is 4.99 Å². The molecule has 0 aliphatic carbocycles. The predicted molar refractivity (Wildman–Crippen MR) is 125 cm³/mol. The number of hydrogen-bond acceptors (Lipinski definition) is 6. The molecule has 3 aromatic rings. The van der Waals surface area contributed by atoms with Crippen molar-refractivity contribution in [1.29, 1.82) is 0 Å². The monoisotopic (exact) mass is 486 g/mol. The summed E-state index contributed by atoms with van der Waals surface area (Å²) in [5.74, 6) is -0.189. The van der Waals surface area contributed by atoms with Gasteiger partial charge in [-0.25, -0.2) is 8.42 Å². The van der Waals surface area contributed by atoms with Crippen LogP contribution in [0.15, 0.2) is 41.4 Å². The Hall–Kier alpha value is -2.17. The smallest absolute Gasteiger partial charge is 0.422 e. The first-order valence-electron chi connectivity index (χ1n) is 9.76. The molecule has 174 valence electrons. The van der Waals surface area contributed by atoms with E-state index in [0.29, 0.717) is 5.56 Å². The average molecular weight is 487 g/mol. The van der Waals surface area contributed by atoms with Crippen molar-refractivity contribution < 1.29 is 26.3 Å². The Morgan fingerprint density at radius 2 is 1.66 bits per heavy atom. The van der Waals surface area contributed by atoms with Crippen molar-refractivity contribution in [1.82, 2.24) is 0 Å². The maximum Gasteiger partial charge on any atom is 0.422 e. The third-order valence-electron chi connectivity index (χ3n) is 5.23. The molecule has 0 aliphatic heterocycles. The second kappa shape index (κ2) is 8.31. The molecule has 32 heavy (non-hydrogen) atoms.